The number of benzene rings is 1. The number of carbonyl (C=O) groups is 1. The average molecular weight is 362 g/mol. The van der Waals surface area contributed by atoms with Gasteiger partial charge in [0.25, 0.3) is 0 Å². The molecule has 26 heavy (non-hydrogen) atoms. The first-order valence-electron chi connectivity index (χ1n) is 9.59. The van der Waals surface area contributed by atoms with Gasteiger partial charge in [-0.15, -0.1) is 0 Å². The maximum Gasteiger partial charge on any atom is 0.222 e. The third-order valence-electron chi connectivity index (χ3n) is 5.49. The van der Waals surface area contributed by atoms with Crippen molar-refractivity contribution in [1.29, 1.82) is 0 Å². The van der Waals surface area contributed by atoms with Gasteiger partial charge in [0.2, 0.25) is 5.91 Å². The van der Waals surface area contributed by atoms with E-state index in [1.54, 1.807) is 13.2 Å². The molecule has 3 rings (SSSR count). The summed E-state index contributed by atoms with van der Waals surface area (Å²) in [7, 11) is 1.56. The van der Waals surface area contributed by atoms with Gasteiger partial charge in [-0.2, -0.15) is 0 Å². The molecule has 6 heteroatoms. The first-order chi connectivity index (χ1) is 12.7. The number of hydrogen-bond donors (Lipinski definition) is 1. The predicted molar refractivity (Wildman–Crippen MR) is 99.3 cm³/mol. The van der Waals surface area contributed by atoms with E-state index in [-0.39, 0.29) is 11.7 Å². The van der Waals surface area contributed by atoms with Crippen LogP contribution in [-0.4, -0.2) is 67.3 Å². The Balaban J connectivity index is 1.38. The number of phenols is 1. The Kier molecular flexibility index (Phi) is 6.74. The highest BCUT2D eigenvalue weighted by molar-refractivity contribution is 5.76. The van der Waals surface area contributed by atoms with Crippen LogP contribution in [0.5, 0.6) is 11.5 Å². The van der Waals surface area contributed by atoms with Gasteiger partial charge in [-0.3, -0.25) is 9.69 Å². The molecule has 0 bridgehead atoms. The highest BCUT2D eigenvalue weighted by atomic mass is 16.5. The molecule has 0 aliphatic carbocycles. The molecule has 2 heterocycles. The number of phenolic OH excluding ortho intramolecular Hbond substituents is 1. The molecule has 2 fully saturated rings. The van der Waals surface area contributed by atoms with E-state index >= 15 is 0 Å². The summed E-state index contributed by atoms with van der Waals surface area (Å²) in [6.07, 6.45) is 3.93. The van der Waals surface area contributed by atoms with Gasteiger partial charge in [0.15, 0.2) is 11.5 Å². The Bertz CT molecular complexity index is 593. The van der Waals surface area contributed by atoms with Crippen molar-refractivity contribution in [1.82, 2.24) is 9.80 Å². The van der Waals surface area contributed by atoms with Crippen molar-refractivity contribution in [3.8, 4) is 11.5 Å². The van der Waals surface area contributed by atoms with Crippen LogP contribution in [0.2, 0.25) is 0 Å². The standard InChI is InChI=1S/C20H30N2O4/c1-25-19-4-2-17(14-18(19)23)15-21-8-6-16(7-9-21)3-5-20(24)22-10-12-26-13-11-22/h2,4,14,16,23H,3,5-13,15H2,1H3. The summed E-state index contributed by atoms with van der Waals surface area (Å²) in [6.45, 7) is 5.76. The van der Waals surface area contributed by atoms with E-state index in [9.17, 15) is 9.90 Å². The van der Waals surface area contributed by atoms with Gasteiger partial charge in [0.05, 0.1) is 20.3 Å². The monoisotopic (exact) mass is 362 g/mol. The zero-order valence-electron chi connectivity index (χ0n) is 15.7. The highest BCUT2D eigenvalue weighted by Crippen LogP contribution is 2.28. The largest absolute Gasteiger partial charge is 0.504 e. The molecule has 144 valence electrons. The molecule has 1 aromatic rings. The Morgan fingerprint density at radius 3 is 2.62 bits per heavy atom. The third-order valence-corrected chi connectivity index (χ3v) is 5.49. The number of likely N-dealkylation sites (tertiary alicyclic amines) is 1. The third kappa shape index (κ3) is 5.11. The maximum atomic E-state index is 12.3. The number of rotatable bonds is 6. The molecule has 0 saturated carbocycles. The van der Waals surface area contributed by atoms with E-state index in [4.69, 9.17) is 9.47 Å². The van der Waals surface area contributed by atoms with Crippen molar-refractivity contribution >= 4 is 5.91 Å². The number of methoxy groups -OCH3 is 1. The molecule has 2 saturated heterocycles. The number of ether oxygens (including phenoxy) is 2. The van der Waals surface area contributed by atoms with Crippen molar-refractivity contribution in [3.05, 3.63) is 23.8 Å². The number of morpholine rings is 1. The van der Waals surface area contributed by atoms with Gasteiger partial charge < -0.3 is 19.5 Å². The Labute approximate surface area is 155 Å². The molecule has 0 radical (unpaired) electrons. The van der Waals surface area contributed by atoms with E-state index in [0.29, 0.717) is 31.3 Å². The molecular weight excluding hydrogens is 332 g/mol. The SMILES string of the molecule is COc1ccc(CN2CCC(CCC(=O)N3CCOCC3)CC2)cc1O. The minimum atomic E-state index is 0.196. The van der Waals surface area contributed by atoms with E-state index in [1.807, 2.05) is 17.0 Å². The predicted octanol–water partition coefficient (Wildman–Crippen LogP) is 2.25. The number of aromatic hydroxyl groups is 1. The summed E-state index contributed by atoms with van der Waals surface area (Å²) >= 11 is 0. The lowest BCUT2D eigenvalue weighted by Gasteiger charge is -2.32. The average Bonchev–Trinajstić information content (AvgIpc) is 2.68. The normalized spacial score (nSPS) is 19.5. The molecule has 0 aromatic heterocycles. The minimum absolute atomic E-state index is 0.196. The number of hydrogen-bond acceptors (Lipinski definition) is 5. The maximum absolute atomic E-state index is 12.3. The molecule has 1 aromatic carbocycles. The van der Waals surface area contributed by atoms with Crippen molar-refractivity contribution < 1.29 is 19.4 Å². The summed E-state index contributed by atoms with van der Waals surface area (Å²) in [6, 6.07) is 5.60. The molecule has 0 atom stereocenters. The lowest BCUT2D eigenvalue weighted by Crippen LogP contribution is -2.41. The number of piperidine rings is 1. The quantitative estimate of drug-likeness (QED) is 0.841. The van der Waals surface area contributed by atoms with E-state index in [1.165, 1.54) is 0 Å². The van der Waals surface area contributed by atoms with Crippen molar-refractivity contribution in [2.24, 2.45) is 5.92 Å². The van der Waals surface area contributed by atoms with Crippen LogP contribution < -0.4 is 4.74 Å². The summed E-state index contributed by atoms with van der Waals surface area (Å²) in [5.74, 6) is 1.63. The number of carbonyl (C=O) groups excluding carboxylic acids is 1. The van der Waals surface area contributed by atoms with Crippen molar-refractivity contribution in [2.75, 3.05) is 46.5 Å². The summed E-state index contributed by atoms with van der Waals surface area (Å²) < 4.78 is 10.4. The molecule has 2 aliphatic heterocycles. The fourth-order valence-corrected chi connectivity index (χ4v) is 3.82. The van der Waals surface area contributed by atoms with Crippen molar-refractivity contribution in [3.63, 3.8) is 0 Å². The van der Waals surface area contributed by atoms with Crippen molar-refractivity contribution in [2.45, 2.75) is 32.2 Å². The zero-order chi connectivity index (χ0) is 18.4. The Morgan fingerprint density at radius 1 is 1.23 bits per heavy atom. The van der Waals surface area contributed by atoms with Gasteiger partial charge >= 0.3 is 0 Å². The minimum Gasteiger partial charge on any atom is -0.504 e. The first-order valence-corrected chi connectivity index (χ1v) is 9.59. The lowest BCUT2D eigenvalue weighted by atomic mass is 9.91. The molecule has 1 amide bonds. The van der Waals surface area contributed by atoms with Crippen LogP contribution in [0.3, 0.4) is 0 Å². The van der Waals surface area contributed by atoms with Crippen LogP contribution in [0, 0.1) is 5.92 Å². The van der Waals surface area contributed by atoms with Gasteiger partial charge in [0, 0.05) is 26.1 Å². The molecule has 1 N–H and O–H groups in total. The van der Waals surface area contributed by atoms with Crippen LogP contribution >= 0.6 is 0 Å². The van der Waals surface area contributed by atoms with Gasteiger partial charge in [-0.05, 0) is 56.0 Å². The molecule has 0 spiro atoms. The van der Waals surface area contributed by atoms with Gasteiger partial charge in [-0.1, -0.05) is 6.07 Å². The molecule has 6 nitrogen and oxygen atoms in total. The smallest absolute Gasteiger partial charge is 0.222 e. The fourth-order valence-electron chi connectivity index (χ4n) is 3.82. The first kappa shape index (κ1) is 19.0. The molecule has 0 unspecified atom stereocenters. The number of amides is 1. The second-order valence-corrected chi connectivity index (χ2v) is 7.26. The summed E-state index contributed by atoms with van der Waals surface area (Å²) in [5, 5.41) is 9.91. The molecular formula is C20H30N2O4. The van der Waals surface area contributed by atoms with Crippen LogP contribution in [-0.2, 0) is 16.1 Å². The molecule has 2 aliphatic rings. The Hall–Kier alpha value is -1.79. The number of nitrogens with zero attached hydrogens (tertiary/aromatic N) is 2. The van der Waals surface area contributed by atoms with E-state index in [0.717, 1.165) is 57.5 Å². The van der Waals surface area contributed by atoms with Crippen LogP contribution in [0.15, 0.2) is 18.2 Å². The van der Waals surface area contributed by atoms with E-state index < -0.39 is 0 Å². The van der Waals surface area contributed by atoms with Crippen LogP contribution in [0.1, 0.15) is 31.2 Å². The topological polar surface area (TPSA) is 62.2 Å². The summed E-state index contributed by atoms with van der Waals surface area (Å²) in [4.78, 5) is 16.6. The lowest BCUT2D eigenvalue weighted by molar-refractivity contribution is -0.135. The summed E-state index contributed by atoms with van der Waals surface area (Å²) in [5.41, 5.74) is 1.10. The highest BCUT2D eigenvalue weighted by Gasteiger charge is 2.22. The zero-order valence-corrected chi connectivity index (χ0v) is 15.7. The Morgan fingerprint density at radius 2 is 1.96 bits per heavy atom. The second-order valence-electron chi connectivity index (χ2n) is 7.26. The second kappa shape index (κ2) is 9.24. The van der Waals surface area contributed by atoms with Gasteiger partial charge in [0.1, 0.15) is 0 Å². The van der Waals surface area contributed by atoms with Crippen LogP contribution in [0.4, 0.5) is 0 Å². The fraction of sp³-hybridized carbons (Fsp3) is 0.650. The van der Waals surface area contributed by atoms with Crippen LogP contribution in [0.25, 0.3) is 0 Å². The van der Waals surface area contributed by atoms with E-state index in [2.05, 4.69) is 4.90 Å². The van der Waals surface area contributed by atoms with Gasteiger partial charge in [-0.25, -0.2) is 0 Å².